The van der Waals surface area contributed by atoms with Crippen LogP contribution in [-0.2, 0) is 6.61 Å². The van der Waals surface area contributed by atoms with E-state index in [0.29, 0.717) is 10.1 Å². The van der Waals surface area contributed by atoms with Crippen molar-refractivity contribution in [2.75, 3.05) is 11.9 Å². The van der Waals surface area contributed by atoms with Crippen molar-refractivity contribution in [3.63, 3.8) is 0 Å². The van der Waals surface area contributed by atoms with Gasteiger partial charge in [0.25, 0.3) is 0 Å². The lowest BCUT2D eigenvalue weighted by Gasteiger charge is -2.07. The predicted molar refractivity (Wildman–Crippen MR) is 77.1 cm³/mol. The predicted octanol–water partition coefficient (Wildman–Crippen LogP) is 3.98. The molecule has 0 bridgehead atoms. The second kappa shape index (κ2) is 6.94. The summed E-state index contributed by atoms with van der Waals surface area (Å²) in [6, 6.07) is 1.92. The molecule has 0 atom stereocenters. The Bertz CT molecular complexity index is 571. The number of rotatable bonds is 6. The molecule has 0 fully saturated rings. The highest BCUT2D eigenvalue weighted by atomic mass is 79.9. The van der Waals surface area contributed by atoms with Crippen molar-refractivity contribution < 1.29 is 13.5 Å². The van der Waals surface area contributed by atoms with Gasteiger partial charge in [0, 0.05) is 12.6 Å². The fourth-order valence-electron chi connectivity index (χ4n) is 1.42. The molecule has 0 unspecified atom stereocenters. The first-order valence-corrected chi connectivity index (χ1v) is 7.54. The zero-order chi connectivity index (χ0) is 14.5. The molecule has 4 nitrogen and oxygen atoms in total. The van der Waals surface area contributed by atoms with Gasteiger partial charge in [-0.05, 0) is 28.4 Å². The summed E-state index contributed by atoms with van der Waals surface area (Å²) in [7, 11) is 0. The summed E-state index contributed by atoms with van der Waals surface area (Å²) in [6.45, 7) is 2.94. The molecule has 0 saturated carbocycles. The summed E-state index contributed by atoms with van der Waals surface area (Å²) >= 11 is 4.40. The van der Waals surface area contributed by atoms with Crippen molar-refractivity contribution in [3.8, 4) is 5.75 Å². The number of anilines is 1. The van der Waals surface area contributed by atoms with Crippen LogP contribution in [0.3, 0.4) is 0 Å². The minimum Gasteiger partial charge on any atom is -0.482 e. The number of halogens is 3. The average molecular weight is 364 g/mol. The summed E-state index contributed by atoms with van der Waals surface area (Å²) < 4.78 is 32.0. The molecule has 2 aromatic rings. The molecular weight excluding hydrogens is 352 g/mol. The van der Waals surface area contributed by atoms with Gasteiger partial charge in [-0.2, -0.15) is 0 Å². The van der Waals surface area contributed by atoms with Gasteiger partial charge in [0.1, 0.15) is 12.4 Å². The maximum Gasteiger partial charge on any atom is 0.205 e. The second-order valence-corrected chi connectivity index (χ2v) is 5.83. The van der Waals surface area contributed by atoms with E-state index in [1.165, 1.54) is 11.3 Å². The van der Waals surface area contributed by atoms with Gasteiger partial charge in [0.05, 0.1) is 4.47 Å². The number of ether oxygens (including phenoxy) is 1. The van der Waals surface area contributed by atoms with Crippen LogP contribution in [0.5, 0.6) is 5.75 Å². The zero-order valence-corrected chi connectivity index (χ0v) is 13.0. The molecule has 20 heavy (non-hydrogen) atoms. The van der Waals surface area contributed by atoms with E-state index in [4.69, 9.17) is 4.74 Å². The maximum atomic E-state index is 13.5. The van der Waals surface area contributed by atoms with Crippen LogP contribution in [0.25, 0.3) is 0 Å². The summed E-state index contributed by atoms with van der Waals surface area (Å²) in [5, 5.41) is 12.3. The van der Waals surface area contributed by atoms with Gasteiger partial charge in [-0.15, -0.1) is 10.2 Å². The first kappa shape index (κ1) is 15.1. The Balaban J connectivity index is 2.00. The van der Waals surface area contributed by atoms with Crippen molar-refractivity contribution in [1.29, 1.82) is 0 Å². The van der Waals surface area contributed by atoms with Gasteiger partial charge in [-0.25, -0.2) is 8.78 Å². The Morgan fingerprint density at radius 3 is 2.85 bits per heavy atom. The molecular formula is C12H12BrF2N3OS. The lowest BCUT2D eigenvalue weighted by atomic mass is 10.3. The van der Waals surface area contributed by atoms with Crippen molar-refractivity contribution in [1.82, 2.24) is 10.2 Å². The van der Waals surface area contributed by atoms with Crippen LogP contribution in [0.2, 0.25) is 0 Å². The Kier molecular flexibility index (Phi) is 5.24. The van der Waals surface area contributed by atoms with E-state index in [1.54, 1.807) is 0 Å². The Morgan fingerprint density at radius 1 is 1.35 bits per heavy atom. The monoisotopic (exact) mass is 363 g/mol. The van der Waals surface area contributed by atoms with Crippen molar-refractivity contribution >= 4 is 32.4 Å². The first-order chi connectivity index (χ1) is 9.60. The van der Waals surface area contributed by atoms with Crippen LogP contribution in [0, 0.1) is 11.6 Å². The highest BCUT2D eigenvalue weighted by molar-refractivity contribution is 9.10. The topological polar surface area (TPSA) is 47.0 Å². The van der Waals surface area contributed by atoms with Gasteiger partial charge < -0.3 is 10.1 Å². The van der Waals surface area contributed by atoms with E-state index in [0.717, 1.165) is 25.1 Å². The molecule has 2 rings (SSSR count). The second-order valence-electron chi connectivity index (χ2n) is 3.91. The highest BCUT2D eigenvalue weighted by Gasteiger charge is 2.12. The molecule has 0 aliphatic carbocycles. The Hall–Kier alpha value is -1.28. The molecule has 0 amide bonds. The van der Waals surface area contributed by atoms with Gasteiger partial charge in [0.15, 0.2) is 16.6 Å². The molecule has 108 valence electrons. The molecule has 1 aromatic heterocycles. The van der Waals surface area contributed by atoms with Crippen LogP contribution in [-0.4, -0.2) is 16.7 Å². The van der Waals surface area contributed by atoms with Gasteiger partial charge >= 0.3 is 0 Å². The third-order valence-electron chi connectivity index (χ3n) is 2.30. The number of hydrogen-bond acceptors (Lipinski definition) is 5. The summed E-state index contributed by atoms with van der Waals surface area (Å²) in [5.41, 5.74) is 0. The Morgan fingerprint density at radius 2 is 2.15 bits per heavy atom. The van der Waals surface area contributed by atoms with E-state index in [-0.39, 0.29) is 16.8 Å². The molecule has 0 saturated heterocycles. The van der Waals surface area contributed by atoms with Crippen LogP contribution >= 0.6 is 27.3 Å². The summed E-state index contributed by atoms with van der Waals surface area (Å²) in [5.74, 6) is -1.46. The zero-order valence-electron chi connectivity index (χ0n) is 10.6. The largest absolute Gasteiger partial charge is 0.482 e. The van der Waals surface area contributed by atoms with Crippen molar-refractivity contribution in [2.24, 2.45) is 0 Å². The van der Waals surface area contributed by atoms with Gasteiger partial charge in [0.2, 0.25) is 5.13 Å². The number of aromatic nitrogens is 2. The lowest BCUT2D eigenvalue weighted by molar-refractivity contribution is 0.285. The smallest absolute Gasteiger partial charge is 0.205 e. The van der Waals surface area contributed by atoms with Crippen LogP contribution in [0.4, 0.5) is 13.9 Å². The maximum absolute atomic E-state index is 13.5. The number of nitrogens with zero attached hydrogens (tertiary/aromatic N) is 2. The third-order valence-corrected chi connectivity index (χ3v) is 3.74. The fourth-order valence-corrected chi connectivity index (χ4v) is 2.62. The first-order valence-electron chi connectivity index (χ1n) is 5.93. The number of hydrogen-bond donors (Lipinski definition) is 1. The fraction of sp³-hybridized carbons (Fsp3) is 0.333. The van der Waals surface area contributed by atoms with Crippen LogP contribution in [0.1, 0.15) is 18.4 Å². The van der Waals surface area contributed by atoms with Crippen molar-refractivity contribution in [2.45, 2.75) is 20.0 Å². The molecule has 8 heteroatoms. The number of nitrogens with one attached hydrogen (secondary N) is 1. The molecule has 0 aliphatic heterocycles. The number of benzene rings is 1. The van der Waals surface area contributed by atoms with Gasteiger partial charge in [-0.3, -0.25) is 0 Å². The van der Waals surface area contributed by atoms with Crippen molar-refractivity contribution in [3.05, 3.63) is 33.2 Å². The molecule has 0 radical (unpaired) electrons. The summed E-state index contributed by atoms with van der Waals surface area (Å²) in [6.07, 6.45) is 0.985. The van der Waals surface area contributed by atoms with E-state index >= 15 is 0 Å². The molecule has 0 aliphatic rings. The molecule has 1 heterocycles. The highest BCUT2D eigenvalue weighted by Crippen LogP contribution is 2.30. The lowest BCUT2D eigenvalue weighted by Crippen LogP contribution is -1.98. The minimum absolute atomic E-state index is 0.0373. The van der Waals surface area contributed by atoms with Crippen LogP contribution < -0.4 is 10.1 Å². The normalized spacial score (nSPS) is 10.6. The summed E-state index contributed by atoms with van der Waals surface area (Å²) in [4.78, 5) is 0. The molecule has 1 N–H and O–H groups in total. The quantitative estimate of drug-likeness (QED) is 0.842. The van der Waals surface area contributed by atoms with E-state index in [1.807, 2.05) is 6.92 Å². The Labute approximate surface area is 127 Å². The van der Waals surface area contributed by atoms with E-state index in [2.05, 4.69) is 31.4 Å². The SMILES string of the molecule is CCCNc1nnc(COc2c(F)cc(F)cc2Br)s1. The van der Waals surface area contributed by atoms with E-state index < -0.39 is 11.6 Å². The van der Waals surface area contributed by atoms with E-state index in [9.17, 15) is 8.78 Å². The van der Waals surface area contributed by atoms with Gasteiger partial charge in [-0.1, -0.05) is 18.3 Å². The average Bonchev–Trinajstić information content (AvgIpc) is 2.83. The van der Waals surface area contributed by atoms with Crippen LogP contribution in [0.15, 0.2) is 16.6 Å². The minimum atomic E-state index is -0.759. The molecule has 1 aromatic carbocycles. The third kappa shape index (κ3) is 3.86. The molecule has 0 spiro atoms. The standard InChI is InChI=1S/C12H12BrF2N3OS/c1-2-3-16-12-18-17-10(20-12)6-19-11-8(13)4-7(14)5-9(11)15/h4-5H,2-3,6H2,1H3,(H,16,18).